The molecule has 0 unspecified atom stereocenters. The van der Waals surface area contributed by atoms with Crippen LogP contribution in [0, 0.1) is 0 Å². The molecule has 1 aromatic heterocycles. The van der Waals surface area contributed by atoms with Gasteiger partial charge >= 0.3 is 5.97 Å². The van der Waals surface area contributed by atoms with Crippen molar-refractivity contribution in [1.29, 1.82) is 0 Å². The van der Waals surface area contributed by atoms with Crippen LogP contribution in [0.3, 0.4) is 0 Å². The Morgan fingerprint density at radius 1 is 1.13 bits per heavy atom. The lowest BCUT2D eigenvalue weighted by atomic mass is 10.1. The van der Waals surface area contributed by atoms with E-state index in [1.807, 2.05) is 42.5 Å². The van der Waals surface area contributed by atoms with Crippen molar-refractivity contribution < 1.29 is 36.3 Å². The molecule has 0 spiro atoms. The summed E-state index contributed by atoms with van der Waals surface area (Å²) in [4.78, 5) is 13.4. The number of carbonyl (C=O) groups is 1. The van der Waals surface area contributed by atoms with Gasteiger partial charge in [0, 0.05) is 28.6 Å². The maximum absolute atomic E-state index is 10.7. The van der Waals surface area contributed by atoms with E-state index in [1.54, 1.807) is 22.9 Å². The van der Waals surface area contributed by atoms with Crippen LogP contribution >= 0.6 is 0 Å². The molecule has 0 aliphatic heterocycles. The number of nitrogens with two attached hydrogens (primary N) is 1. The first-order chi connectivity index (χ1) is 14.5. The predicted molar refractivity (Wildman–Crippen MR) is 111 cm³/mol. The van der Waals surface area contributed by atoms with Gasteiger partial charge in [-0.1, -0.05) is 34.5 Å². The number of carboxylic acids is 1. The van der Waals surface area contributed by atoms with E-state index in [0.717, 1.165) is 16.8 Å². The third kappa shape index (κ3) is 6.98. The largest absolute Gasteiger partial charge is 1.00 e. The van der Waals surface area contributed by atoms with E-state index in [-0.39, 0.29) is 23.4 Å². The summed E-state index contributed by atoms with van der Waals surface area (Å²) in [7, 11) is 0. The zero-order valence-electron chi connectivity index (χ0n) is 16.6. The summed E-state index contributed by atoms with van der Waals surface area (Å²) in [6.45, 7) is 0.825. The molecular weight excluding hydrogens is 464 g/mol. The average Bonchev–Trinajstić information content (AvgIpc) is 2.75. The summed E-state index contributed by atoms with van der Waals surface area (Å²) in [6, 6.07) is 18.3. The Balaban J connectivity index is 0.00000341. The van der Waals surface area contributed by atoms with Gasteiger partial charge in [0.25, 0.3) is 5.82 Å². The highest BCUT2D eigenvalue weighted by Gasteiger charge is 2.10. The van der Waals surface area contributed by atoms with Crippen molar-refractivity contribution in [3.63, 3.8) is 0 Å². The summed E-state index contributed by atoms with van der Waals surface area (Å²) < 4.78 is 7.41. The Bertz CT molecular complexity index is 1070. The van der Waals surface area contributed by atoms with E-state index in [9.17, 15) is 4.79 Å². The van der Waals surface area contributed by atoms with E-state index >= 15 is 0 Å². The molecule has 0 aliphatic rings. The van der Waals surface area contributed by atoms with E-state index in [1.165, 1.54) is 0 Å². The van der Waals surface area contributed by atoms with Crippen LogP contribution in [-0.4, -0.2) is 16.2 Å². The normalized spacial score (nSPS) is 9.94. The molecule has 0 aliphatic carbocycles. The minimum absolute atomic E-state index is 0. The molecule has 3 rings (SSSR count). The molecule has 0 saturated carbocycles. The van der Waals surface area contributed by atoms with Crippen molar-refractivity contribution in [1.82, 2.24) is 5.10 Å². The lowest BCUT2D eigenvalue weighted by Crippen LogP contribution is -3.00. The topological polar surface area (TPSA) is 138 Å². The van der Waals surface area contributed by atoms with Gasteiger partial charge in [-0.25, -0.2) is 0 Å². The fourth-order valence-corrected chi connectivity index (χ4v) is 2.78. The Morgan fingerprint density at radius 2 is 1.84 bits per heavy atom. The summed E-state index contributed by atoms with van der Waals surface area (Å²) in [5.74, 6) is 0.353. The van der Waals surface area contributed by atoms with Gasteiger partial charge in [-0.05, 0) is 47.8 Å². The summed E-state index contributed by atoms with van der Waals surface area (Å²) in [5, 5.41) is 16.8. The quantitative estimate of drug-likeness (QED) is 0.202. The molecule has 0 bridgehead atoms. The number of anilines is 1. The summed E-state index contributed by atoms with van der Waals surface area (Å²) >= 11 is 0. The van der Waals surface area contributed by atoms with Crippen molar-refractivity contribution in [3.05, 3.63) is 76.7 Å². The predicted octanol–water partition coefficient (Wildman–Crippen LogP) is 1.01. The molecule has 0 radical (unpaired) electrons. The van der Waals surface area contributed by atoms with Gasteiger partial charge in [0.1, 0.15) is 24.6 Å². The van der Waals surface area contributed by atoms with Crippen molar-refractivity contribution in [2.45, 2.75) is 26.0 Å². The van der Waals surface area contributed by atoms with Crippen LogP contribution in [0.1, 0.15) is 18.4 Å². The number of halogens is 1. The van der Waals surface area contributed by atoms with Crippen LogP contribution in [0.2, 0.25) is 0 Å². The first kappa shape index (κ1) is 23.7. The Labute approximate surface area is 189 Å². The lowest BCUT2D eigenvalue weighted by Gasteiger charge is -2.08. The molecule has 31 heavy (non-hydrogen) atoms. The number of azide groups is 1. The second kappa shape index (κ2) is 11.5. The number of nitrogens with zero attached hydrogens (tertiary/aromatic N) is 5. The molecule has 3 aromatic rings. The number of hydrogen-bond donors (Lipinski definition) is 2. The fraction of sp³-hybridized carbons (Fsp3) is 0.190. The minimum atomic E-state index is -0.840. The number of aromatic nitrogens is 2. The second-order valence-corrected chi connectivity index (χ2v) is 6.53. The van der Waals surface area contributed by atoms with Crippen LogP contribution in [0.5, 0.6) is 5.75 Å². The number of rotatable bonds is 9. The molecule has 0 amide bonds. The van der Waals surface area contributed by atoms with Gasteiger partial charge in [0.15, 0.2) is 0 Å². The van der Waals surface area contributed by atoms with Gasteiger partial charge in [-0.2, -0.15) is 0 Å². The van der Waals surface area contributed by atoms with E-state index < -0.39 is 5.97 Å². The van der Waals surface area contributed by atoms with Crippen molar-refractivity contribution >= 4 is 17.5 Å². The maximum atomic E-state index is 10.7. The zero-order chi connectivity index (χ0) is 21.3. The Morgan fingerprint density at radius 3 is 2.48 bits per heavy atom. The SMILES string of the molecule is [Br-].[N-]=[N+]=Nc1ccc(COc2ccc(-c3ccc(N)[n+](CCCC(=O)O)n3)cc2)cc1. The Hall–Kier alpha value is -3.62. The molecule has 9 nitrogen and oxygen atoms in total. The number of ether oxygens (including phenoxy) is 1. The standard InChI is InChI=1S/C21H20N6O3.BrH/c22-20-12-11-19(25-27(20)13-1-2-21(28)29)16-5-9-18(10-6-16)30-14-15-3-7-17(8-4-15)24-26-23;/h3-12,22H,1-2,13-14H2,(H,28,29);1H. The molecule has 160 valence electrons. The molecule has 0 atom stereocenters. The van der Waals surface area contributed by atoms with Gasteiger partial charge in [-0.15, -0.1) is 4.68 Å². The number of carboxylic acid groups (broad SMARTS) is 1. The third-order valence-corrected chi connectivity index (χ3v) is 4.35. The minimum Gasteiger partial charge on any atom is -1.00 e. The molecule has 3 N–H and O–H groups in total. The summed E-state index contributed by atoms with van der Waals surface area (Å²) in [6.07, 6.45) is 0.524. The number of aryl methyl sites for hydroxylation is 1. The molecule has 0 fully saturated rings. The van der Waals surface area contributed by atoms with Crippen molar-refractivity contribution in [2.75, 3.05) is 5.73 Å². The fourth-order valence-electron chi connectivity index (χ4n) is 2.78. The van der Waals surface area contributed by atoms with Gasteiger partial charge in [0.2, 0.25) is 0 Å². The van der Waals surface area contributed by atoms with E-state index in [4.69, 9.17) is 21.1 Å². The van der Waals surface area contributed by atoms with Crippen LogP contribution in [0.4, 0.5) is 11.5 Å². The molecule has 1 heterocycles. The van der Waals surface area contributed by atoms with E-state index in [0.29, 0.717) is 36.8 Å². The number of aliphatic carboxylic acids is 1. The second-order valence-electron chi connectivity index (χ2n) is 6.53. The smallest absolute Gasteiger partial charge is 0.303 e. The van der Waals surface area contributed by atoms with Crippen LogP contribution in [-0.2, 0) is 17.9 Å². The average molecular weight is 485 g/mol. The molecular formula is C21H21BrN6O3. The summed E-state index contributed by atoms with van der Waals surface area (Å²) in [5.41, 5.74) is 17.5. The van der Waals surface area contributed by atoms with Crippen LogP contribution in [0.15, 0.2) is 65.8 Å². The molecule has 0 saturated heterocycles. The van der Waals surface area contributed by atoms with Crippen LogP contribution in [0.25, 0.3) is 21.7 Å². The highest BCUT2D eigenvalue weighted by Crippen LogP contribution is 2.21. The van der Waals surface area contributed by atoms with E-state index in [2.05, 4.69) is 15.1 Å². The molecule has 2 aromatic carbocycles. The highest BCUT2D eigenvalue weighted by atomic mass is 79.9. The van der Waals surface area contributed by atoms with Crippen molar-refractivity contribution in [2.24, 2.45) is 5.11 Å². The van der Waals surface area contributed by atoms with Gasteiger partial charge < -0.3 is 26.8 Å². The van der Waals surface area contributed by atoms with Crippen LogP contribution < -0.4 is 32.1 Å². The van der Waals surface area contributed by atoms with Crippen molar-refractivity contribution in [3.8, 4) is 17.0 Å². The lowest BCUT2D eigenvalue weighted by molar-refractivity contribution is -0.739. The highest BCUT2D eigenvalue weighted by molar-refractivity contribution is 5.66. The Kier molecular flexibility index (Phi) is 8.80. The number of nitrogen functional groups attached to an aromatic ring is 1. The number of hydrogen-bond acceptors (Lipinski definition) is 5. The first-order valence-electron chi connectivity index (χ1n) is 9.31. The number of benzene rings is 2. The monoisotopic (exact) mass is 484 g/mol. The first-order valence-corrected chi connectivity index (χ1v) is 9.31. The third-order valence-electron chi connectivity index (χ3n) is 4.35. The van der Waals surface area contributed by atoms with Gasteiger partial charge in [-0.3, -0.25) is 10.5 Å². The molecule has 10 heteroatoms. The maximum Gasteiger partial charge on any atom is 0.303 e. The zero-order valence-corrected chi connectivity index (χ0v) is 18.1. The van der Waals surface area contributed by atoms with Gasteiger partial charge in [0.05, 0.1) is 0 Å².